The van der Waals surface area contributed by atoms with Gasteiger partial charge in [-0.25, -0.2) is 0 Å². The number of amides is 1. The van der Waals surface area contributed by atoms with Gasteiger partial charge in [-0.15, -0.1) is 12.4 Å². The molecule has 0 aliphatic carbocycles. The highest BCUT2D eigenvalue weighted by atomic mass is 35.5. The minimum atomic E-state index is -0.424. The molecule has 6 heteroatoms. The molecule has 0 radical (unpaired) electrons. The molecule has 1 aromatic carbocycles. The maximum Gasteiger partial charge on any atom is 0.237 e. The highest BCUT2D eigenvalue weighted by Gasteiger charge is 2.29. The molecule has 1 aliphatic rings. The Kier molecular flexibility index (Phi) is 8.19. The number of aliphatic hydroxyl groups excluding tert-OH is 1. The van der Waals surface area contributed by atoms with Crippen LogP contribution < -0.4 is 15.4 Å². The second-order valence-corrected chi connectivity index (χ2v) is 7.68. The fraction of sp³-hybridized carbons (Fsp3) is 0.632. The van der Waals surface area contributed by atoms with E-state index in [1.807, 2.05) is 12.1 Å². The molecule has 5 nitrogen and oxygen atoms in total. The molecule has 1 aromatic rings. The van der Waals surface area contributed by atoms with E-state index < -0.39 is 6.10 Å². The predicted molar refractivity (Wildman–Crippen MR) is 102 cm³/mol. The zero-order chi connectivity index (χ0) is 17.7. The molecule has 2 rings (SSSR count). The first-order valence-corrected chi connectivity index (χ1v) is 8.70. The topological polar surface area (TPSA) is 70.6 Å². The monoisotopic (exact) mass is 370 g/mol. The summed E-state index contributed by atoms with van der Waals surface area (Å²) in [5, 5.41) is 15.5. The summed E-state index contributed by atoms with van der Waals surface area (Å²) in [6, 6.07) is 7.79. The van der Waals surface area contributed by atoms with Crippen LogP contribution in [0.15, 0.2) is 24.3 Å². The predicted octanol–water partition coefficient (Wildman–Crippen LogP) is 2.26. The average Bonchev–Trinajstić information content (AvgIpc) is 2.97. The third kappa shape index (κ3) is 6.49. The number of rotatable bonds is 7. The maximum absolute atomic E-state index is 12.2. The zero-order valence-corrected chi connectivity index (χ0v) is 16.4. The van der Waals surface area contributed by atoms with Crippen molar-refractivity contribution in [1.29, 1.82) is 0 Å². The van der Waals surface area contributed by atoms with Crippen LogP contribution in [0.4, 0.5) is 0 Å². The molecule has 1 fully saturated rings. The standard InChI is InChI=1S/C19H30N2O3.ClH/c1-13(2)11-24-16-7-5-14(6-8-16)19(3,4)12-21-18(23)17-9-15(22)10-20-17;/h5-8,13,15,17,20,22H,9-12H2,1-4H3,(H,21,23);1H. The number of carbonyl (C=O) groups excluding carboxylic acids is 1. The number of hydrogen-bond donors (Lipinski definition) is 3. The van der Waals surface area contributed by atoms with Crippen LogP contribution in [0.1, 0.15) is 39.7 Å². The van der Waals surface area contributed by atoms with Crippen molar-refractivity contribution < 1.29 is 14.6 Å². The number of ether oxygens (including phenoxy) is 1. The SMILES string of the molecule is CC(C)COc1ccc(C(C)(C)CNC(=O)C2CC(O)CN2)cc1.Cl. The molecule has 2 unspecified atom stereocenters. The summed E-state index contributed by atoms with van der Waals surface area (Å²) in [4.78, 5) is 12.2. The Balaban J connectivity index is 0.00000312. The van der Waals surface area contributed by atoms with Crippen molar-refractivity contribution in [2.45, 2.75) is 51.7 Å². The van der Waals surface area contributed by atoms with Crippen molar-refractivity contribution in [2.24, 2.45) is 5.92 Å². The fourth-order valence-corrected chi connectivity index (χ4v) is 2.72. The summed E-state index contributed by atoms with van der Waals surface area (Å²) >= 11 is 0. The van der Waals surface area contributed by atoms with Crippen LogP contribution in [0, 0.1) is 5.92 Å². The lowest BCUT2D eigenvalue weighted by atomic mass is 9.84. The van der Waals surface area contributed by atoms with E-state index in [4.69, 9.17) is 4.74 Å². The number of carbonyl (C=O) groups is 1. The van der Waals surface area contributed by atoms with Crippen LogP contribution in [0.25, 0.3) is 0 Å². The summed E-state index contributed by atoms with van der Waals surface area (Å²) in [5.41, 5.74) is 0.975. The first kappa shape index (κ1) is 21.7. The van der Waals surface area contributed by atoms with Crippen LogP contribution in [-0.2, 0) is 10.2 Å². The Morgan fingerprint density at radius 1 is 1.36 bits per heavy atom. The van der Waals surface area contributed by atoms with Gasteiger partial charge in [-0.2, -0.15) is 0 Å². The molecule has 1 amide bonds. The largest absolute Gasteiger partial charge is 0.493 e. The van der Waals surface area contributed by atoms with Crippen LogP contribution in [0.3, 0.4) is 0 Å². The molecule has 1 saturated heterocycles. The van der Waals surface area contributed by atoms with Crippen LogP contribution in [0.2, 0.25) is 0 Å². The van der Waals surface area contributed by atoms with Crippen molar-refractivity contribution in [3.8, 4) is 5.75 Å². The quantitative estimate of drug-likeness (QED) is 0.688. The first-order chi connectivity index (χ1) is 11.3. The molecule has 1 aliphatic heterocycles. The van der Waals surface area contributed by atoms with Crippen molar-refractivity contribution in [1.82, 2.24) is 10.6 Å². The van der Waals surface area contributed by atoms with Gasteiger partial charge in [0, 0.05) is 18.5 Å². The van der Waals surface area contributed by atoms with Gasteiger partial charge in [0.25, 0.3) is 0 Å². The summed E-state index contributed by atoms with van der Waals surface area (Å²) < 4.78 is 5.71. The molecule has 0 aromatic heterocycles. The number of benzene rings is 1. The van der Waals surface area contributed by atoms with Gasteiger partial charge in [0.2, 0.25) is 5.91 Å². The lowest BCUT2D eigenvalue weighted by molar-refractivity contribution is -0.123. The molecule has 3 N–H and O–H groups in total. The van der Waals surface area contributed by atoms with Crippen molar-refractivity contribution in [2.75, 3.05) is 19.7 Å². The zero-order valence-electron chi connectivity index (χ0n) is 15.5. The van der Waals surface area contributed by atoms with Crippen LogP contribution in [-0.4, -0.2) is 42.9 Å². The maximum atomic E-state index is 12.2. The van der Waals surface area contributed by atoms with Crippen molar-refractivity contribution in [3.63, 3.8) is 0 Å². The van der Waals surface area contributed by atoms with Gasteiger partial charge < -0.3 is 20.5 Å². The Morgan fingerprint density at radius 2 is 2.00 bits per heavy atom. The molecular formula is C19H31ClN2O3. The summed E-state index contributed by atoms with van der Waals surface area (Å²) in [6.45, 7) is 10.2. The number of β-amino-alcohol motifs (C(OH)–C–C–N with tert-alkyl or cyclic N) is 1. The minimum Gasteiger partial charge on any atom is -0.493 e. The van der Waals surface area contributed by atoms with Crippen molar-refractivity contribution in [3.05, 3.63) is 29.8 Å². The average molecular weight is 371 g/mol. The molecule has 142 valence electrons. The lowest BCUT2D eigenvalue weighted by Crippen LogP contribution is -2.45. The van der Waals surface area contributed by atoms with E-state index in [-0.39, 0.29) is 29.8 Å². The van der Waals surface area contributed by atoms with Gasteiger partial charge in [0.15, 0.2) is 0 Å². The van der Waals surface area contributed by atoms with Gasteiger partial charge >= 0.3 is 0 Å². The van der Waals surface area contributed by atoms with Crippen LogP contribution >= 0.6 is 12.4 Å². The summed E-state index contributed by atoms with van der Waals surface area (Å²) in [7, 11) is 0. The Bertz CT molecular complexity index is 546. The fourth-order valence-electron chi connectivity index (χ4n) is 2.72. The van der Waals surface area contributed by atoms with E-state index in [0.29, 0.717) is 32.0 Å². The molecule has 2 atom stereocenters. The van der Waals surface area contributed by atoms with E-state index in [1.54, 1.807) is 0 Å². The van der Waals surface area contributed by atoms with Crippen LogP contribution in [0.5, 0.6) is 5.75 Å². The van der Waals surface area contributed by atoms with Gasteiger partial charge in [-0.3, -0.25) is 4.79 Å². The van der Waals surface area contributed by atoms with E-state index in [0.717, 1.165) is 11.3 Å². The first-order valence-electron chi connectivity index (χ1n) is 8.70. The highest BCUT2D eigenvalue weighted by molar-refractivity contribution is 5.85. The number of nitrogens with one attached hydrogen (secondary N) is 2. The second-order valence-electron chi connectivity index (χ2n) is 7.68. The molecular weight excluding hydrogens is 340 g/mol. The van der Waals surface area contributed by atoms with Gasteiger partial charge in [-0.05, 0) is 30.0 Å². The van der Waals surface area contributed by atoms with Crippen molar-refractivity contribution >= 4 is 18.3 Å². The van der Waals surface area contributed by atoms with Gasteiger partial charge in [0.1, 0.15) is 5.75 Å². The molecule has 0 spiro atoms. The normalized spacial score (nSPS) is 20.2. The third-order valence-electron chi connectivity index (χ3n) is 4.35. The summed E-state index contributed by atoms with van der Waals surface area (Å²) in [6.07, 6.45) is 0.0564. The Hall–Kier alpha value is -1.30. The smallest absolute Gasteiger partial charge is 0.237 e. The third-order valence-corrected chi connectivity index (χ3v) is 4.35. The molecule has 0 bridgehead atoms. The number of hydrogen-bond acceptors (Lipinski definition) is 4. The summed E-state index contributed by atoms with van der Waals surface area (Å²) in [5.74, 6) is 1.33. The molecule has 0 saturated carbocycles. The molecule has 1 heterocycles. The van der Waals surface area contributed by atoms with Gasteiger partial charge in [-0.1, -0.05) is 39.8 Å². The van der Waals surface area contributed by atoms with E-state index in [1.165, 1.54) is 0 Å². The van der Waals surface area contributed by atoms with E-state index in [9.17, 15) is 9.90 Å². The number of aliphatic hydroxyl groups is 1. The highest BCUT2D eigenvalue weighted by Crippen LogP contribution is 2.25. The van der Waals surface area contributed by atoms with E-state index in [2.05, 4.69) is 50.5 Å². The Morgan fingerprint density at radius 3 is 2.52 bits per heavy atom. The van der Waals surface area contributed by atoms with Gasteiger partial charge in [0.05, 0.1) is 18.8 Å². The lowest BCUT2D eigenvalue weighted by Gasteiger charge is -2.26. The Labute approximate surface area is 156 Å². The van der Waals surface area contributed by atoms with E-state index >= 15 is 0 Å². The molecule has 25 heavy (non-hydrogen) atoms. The minimum absolute atomic E-state index is 0. The second kappa shape index (κ2) is 9.41. The number of halogens is 1.